The van der Waals surface area contributed by atoms with Crippen molar-refractivity contribution in [3.8, 4) is 11.4 Å². The maximum absolute atomic E-state index is 13.1. The van der Waals surface area contributed by atoms with Crippen LogP contribution >= 0.6 is 0 Å². The molecule has 3 rings (SSSR count). The first kappa shape index (κ1) is 26.2. The van der Waals surface area contributed by atoms with Gasteiger partial charge < -0.3 is 4.74 Å². The maximum Gasteiger partial charge on any atom is 0.416 e. The van der Waals surface area contributed by atoms with Crippen LogP contribution in [-0.2, 0) is 26.7 Å². The van der Waals surface area contributed by atoms with Crippen molar-refractivity contribution in [2.45, 2.75) is 12.4 Å². The molecule has 0 radical (unpaired) electrons. The number of hydrazine groups is 1. The van der Waals surface area contributed by atoms with Gasteiger partial charge in [0.15, 0.2) is 5.82 Å². The smallest absolute Gasteiger partial charge is 0.379 e. The molecular formula is C20H20F6N6O3. The average Bonchev–Trinajstić information content (AvgIpc) is 3.25. The highest BCUT2D eigenvalue weighted by molar-refractivity contribution is 5.91. The van der Waals surface area contributed by atoms with Gasteiger partial charge in [-0.25, -0.2) is 9.67 Å². The van der Waals surface area contributed by atoms with Crippen molar-refractivity contribution in [2.24, 2.45) is 0 Å². The molecule has 2 amide bonds. The van der Waals surface area contributed by atoms with Crippen LogP contribution in [0.2, 0.25) is 0 Å². The number of hydrogen-bond donors (Lipinski definition) is 1. The molecule has 1 aliphatic heterocycles. The Balaban J connectivity index is 1.67. The van der Waals surface area contributed by atoms with Crippen LogP contribution in [-0.4, -0.2) is 76.4 Å². The fraction of sp³-hybridized carbons (Fsp3) is 0.400. The lowest BCUT2D eigenvalue weighted by Crippen LogP contribution is -2.49. The number of alkyl halides is 6. The van der Waals surface area contributed by atoms with E-state index in [0.29, 0.717) is 38.4 Å². The van der Waals surface area contributed by atoms with E-state index in [1.54, 1.807) is 0 Å². The zero-order valence-corrected chi connectivity index (χ0v) is 18.2. The van der Waals surface area contributed by atoms with Gasteiger partial charge in [-0.3, -0.25) is 24.9 Å². The first-order valence-electron chi connectivity index (χ1n) is 10.1. The van der Waals surface area contributed by atoms with Gasteiger partial charge in [0.05, 0.1) is 30.9 Å². The molecule has 1 N–H and O–H groups in total. The Labute approximate surface area is 194 Å². The minimum Gasteiger partial charge on any atom is -0.379 e. The quantitative estimate of drug-likeness (QED) is 0.380. The second kappa shape index (κ2) is 10.4. The summed E-state index contributed by atoms with van der Waals surface area (Å²) >= 11 is 0. The number of aromatic nitrogens is 3. The lowest BCUT2D eigenvalue weighted by Gasteiger charge is -2.26. The van der Waals surface area contributed by atoms with Crippen molar-refractivity contribution in [1.29, 1.82) is 0 Å². The Kier molecular flexibility index (Phi) is 7.80. The number of halogens is 6. The number of amides is 2. The number of ether oxygens (including phenoxy) is 1. The number of carbonyl (C=O) groups is 2. The fourth-order valence-electron chi connectivity index (χ4n) is 3.05. The predicted octanol–water partition coefficient (Wildman–Crippen LogP) is 2.28. The Hall–Kier alpha value is -3.46. The molecule has 1 aliphatic rings. The van der Waals surface area contributed by atoms with Gasteiger partial charge >= 0.3 is 12.4 Å². The van der Waals surface area contributed by atoms with Crippen LogP contribution in [0.1, 0.15) is 11.1 Å². The second-order valence-electron chi connectivity index (χ2n) is 7.48. The number of nitrogens with one attached hydrogen (secondary N) is 1. The lowest BCUT2D eigenvalue weighted by atomic mass is 10.0. The normalized spacial score (nSPS) is 15.4. The number of hydrogen-bond acceptors (Lipinski definition) is 6. The van der Waals surface area contributed by atoms with Gasteiger partial charge in [0.25, 0.3) is 11.8 Å². The van der Waals surface area contributed by atoms with Crippen LogP contribution in [0.5, 0.6) is 0 Å². The monoisotopic (exact) mass is 506 g/mol. The van der Waals surface area contributed by atoms with Gasteiger partial charge in [-0.05, 0) is 18.2 Å². The summed E-state index contributed by atoms with van der Waals surface area (Å²) < 4.78 is 84.5. The molecule has 1 fully saturated rings. The summed E-state index contributed by atoms with van der Waals surface area (Å²) in [5.41, 5.74) is -1.12. The maximum atomic E-state index is 13.1. The molecule has 1 aromatic heterocycles. The van der Waals surface area contributed by atoms with Crippen LogP contribution < -0.4 is 5.43 Å². The largest absolute Gasteiger partial charge is 0.416 e. The first-order chi connectivity index (χ1) is 16.3. The fourth-order valence-corrected chi connectivity index (χ4v) is 3.05. The van der Waals surface area contributed by atoms with Gasteiger partial charge in [0, 0.05) is 38.0 Å². The van der Waals surface area contributed by atoms with Crippen molar-refractivity contribution in [3.05, 3.63) is 41.7 Å². The molecule has 0 bridgehead atoms. The Bertz CT molecular complexity index is 1060. The summed E-state index contributed by atoms with van der Waals surface area (Å²) in [6.07, 6.45) is -6.95. The molecule has 15 heteroatoms. The van der Waals surface area contributed by atoms with Gasteiger partial charge in [-0.1, -0.05) is 0 Å². The van der Waals surface area contributed by atoms with E-state index < -0.39 is 46.7 Å². The molecule has 9 nitrogen and oxygen atoms in total. The van der Waals surface area contributed by atoms with Gasteiger partial charge in [0.2, 0.25) is 0 Å². The van der Waals surface area contributed by atoms with Crippen LogP contribution in [0.25, 0.3) is 17.6 Å². The zero-order chi connectivity index (χ0) is 25.8. The van der Waals surface area contributed by atoms with E-state index in [1.165, 1.54) is 7.05 Å². The molecule has 2 heterocycles. The number of benzene rings is 1. The molecule has 1 saturated heterocycles. The third-order valence-electron chi connectivity index (χ3n) is 4.82. The number of morpholine rings is 1. The molecule has 0 atom stereocenters. The number of rotatable bonds is 5. The van der Waals surface area contributed by atoms with E-state index in [4.69, 9.17) is 4.74 Å². The minimum atomic E-state index is -5.01. The summed E-state index contributed by atoms with van der Waals surface area (Å²) in [6, 6.07) is 1.01. The molecular weight excluding hydrogens is 486 g/mol. The number of nitrogens with zero attached hydrogens (tertiary/aromatic N) is 5. The van der Waals surface area contributed by atoms with Crippen molar-refractivity contribution < 1.29 is 40.7 Å². The number of likely N-dealkylation sites (N-methyl/N-ethyl adjacent to an activating group) is 1. The number of carbonyl (C=O) groups excluding carboxylic acids is 2. The Morgan fingerprint density at radius 3 is 2.26 bits per heavy atom. The third kappa shape index (κ3) is 7.26. The van der Waals surface area contributed by atoms with Crippen molar-refractivity contribution in [2.75, 3.05) is 39.9 Å². The molecule has 0 aliphatic carbocycles. The summed E-state index contributed by atoms with van der Waals surface area (Å²) in [6.45, 7) is 2.23. The summed E-state index contributed by atoms with van der Waals surface area (Å²) in [7, 11) is 1.30. The molecule has 2 aromatic rings. The first-order valence-corrected chi connectivity index (χ1v) is 10.1. The van der Waals surface area contributed by atoms with E-state index in [2.05, 4.69) is 15.5 Å². The van der Waals surface area contributed by atoms with Crippen molar-refractivity contribution >= 4 is 18.0 Å². The van der Waals surface area contributed by atoms with Crippen molar-refractivity contribution in [1.82, 2.24) is 30.1 Å². The van der Waals surface area contributed by atoms with Gasteiger partial charge in [0.1, 0.15) is 6.33 Å². The molecule has 35 heavy (non-hydrogen) atoms. The van der Waals surface area contributed by atoms with E-state index in [9.17, 15) is 35.9 Å². The Morgan fingerprint density at radius 2 is 1.69 bits per heavy atom. The topological polar surface area (TPSA) is 92.6 Å². The highest BCUT2D eigenvalue weighted by Gasteiger charge is 2.37. The summed E-state index contributed by atoms with van der Waals surface area (Å²) in [5, 5.41) is 4.72. The van der Waals surface area contributed by atoms with Gasteiger partial charge in [-0.15, -0.1) is 5.10 Å². The van der Waals surface area contributed by atoms with Gasteiger partial charge in [-0.2, -0.15) is 26.3 Å². The van der Waals surface area contributed by atoms with Crippen LogP contribution in [0.4, 0.5) is 26.3 Å². The summed E-state index contributed by atoms with van der Waals surface area (Å²) in [4.78, 5) is 29.8. The lowest BCUT2D eigenvalue weighted by molar-refractivity contribution is -0.143. The predicted molar refractivity (Wildman–Crippen MR) is 109 cm³/mol. The SMILES string of the molecule is CN(NC(=O)CN1CCOCC1)C(=O)/C=C\n1cnc(-c2cc(C(F)(F)F)cc(C(F)(F)F)c2)n1. The average molecular weight is 506 g/mol. The molecule has 1 aromatic carbocycles. The van der Waals surface area contributed by atoms with E-state index in [0.717, 1.165) is 28.3 Å². The Morgan fingerprint density at radius 1 is 1.09 bits per heavy atom. The van der Waals surface area contributed by atoms with Crippen LogP contribution in [0.15, 0.2) is 30.6 Å². The van der Waals surface area contributed by atoms with E-state index >= 15 is 0 Å². The molecule has 0 unspecified atom stereocenters. The highest BCUT2D eigenvalue weighted by Crippen LogP contribution is 2.38. The van der Waals surface area contributed by atoms with Crippen LogP contribution in [0, 0.1) is 0 Å². The van der Waals surface area contributed by atoms with Crippen molar-refractivity contribution in [3.63, 3.8) is 0 Å². The third-order valence-corrected chi connectivity index (χ3v) is 4.82. The van der Waals surface area contributed by atoms with E-state index in [-0.39, 0.29) is 12.6 Å². The minimum absolute atomic E-state index is 0.00223. The second-order valence-corrected chi connectivity index (χ2v) is 7.48. The molecule has 0 spiro atoms. The summed E-state index contributed by atoms with van der Waals surface area (Å²) in [5.74, 6) is -1.51. The molecule has 0 saturated carbocycles. The molecule has 190 valence electrons. The zero-order valence-electron chi connectivity index (χ0n) is 18.2. The highest BCUT2D eigenvalue weighted by atomic mass is 19.4. The van der Waals surface area contributed by atoms with Crippen LogP contribution in [0.3, 0.4) is 0 Å². The standard InChI is InChI=1S/C20H20F6N6O3/c1-30(28-16(33)11-31-4-6-35-7-5-31)17(34)2-3-32-12-27-18(29-32)13-8-14(19(21,22)23)10-15(9-13)20(24,25)26/h2-3,8-10,12H,4-7,11H2,1H3,(H,28,33)/b3-2-. The van der Waals surface area contributed by atoms with E-state index in [1.807, 2.05) is 4.90 Å².